The molecular formula is C25H26BrN3O. The number of halogens is 1. The maximum atomic E-state index is 10.5. The minimum Gasteiger partial charge on any atom is -0.507 e. The van der Waals surface area contributed by atoms with Crippen LogP contribution in [0.1, 0.15) is 44.6 Å². The zero-order chi connectivity index (χ0) is 20.9. The molecule has 1 heterocycles. The topological polar surface area (TPSA) is 50.4 Å². The molecule has 3 aromatic carbocycles. The molecule has 0 aliphatic carbocycles. The van der Waals surface area contributed by atoms with Crippen molar-refractivity contribution in [3.63, 3.8) is 0 Å². The van der Waals surface area contributed by atoms with Crippen LogP contribution >= 0.6 is 15.9 Å². The molecule has 0 atom stereocenters. The Morgan fingerprint density at radius 3 is 2.73 bits per heavy atom. The number of phenolic OH excluding ortho intramolecular Hbond substituents is 1. The van der Waals surface area contributed by atoms with Crippen LogP contribution in [0.15, 0.2) is 64.1 Å². The second-order valence-corrected chi connectivity index (χ2v) is 8.50. The van der Waals surface area contributed by atoms with Crippen molar-refractivity contribution in [3.8, 4) is 5.75 Å². The maximum Gasteiger partial charge on any atom is 0.230 e. The zero-order valence-corrected chi connectivity index (χ0v) is 18.8. The number of aryl methyl sites for hydroxylation is 1. The molecule has 0 saturated heterocycles. The molecule has 0 bridgehead atoms. The van der Waals surface area contributed by atoms with E-state index in [1.807, 2.05) is 42.5 Å². The first-order valence-electron chi connectivity index (χ1n) is 10.6. The molecule has 0 spiro atoms. The number of aromatic nitrogens is 2. The number of nitrogens with zero attached hydrogens (tertiary/aromatic N) is 3. The average molecular weight is 464 g/mol. The Bertz CT molecular complexity index is 1200. The Morgan fingerprint density at radius 1 is 1.03 bits per heavy atom. The lowest BCUT2D eigenvalue weighted by Gasteiger charge is -2.08. The van der Waals surface area contributed by atoms with Crippen molar-refractivity contribution in [2.75, 3.05) is 0 Å². The number of hydrogen-bond donors (Lipinski definition) is 1. The lowest BCUT2D eigenvalue weighted by atomic mass is 10.0. The standard InChI is InChI=1S/C25H26BrN3O/c1-2-3-4-5-8-15-29-23-10-7-6-9-22(23)28-25(29)27-17-21-20-13-12-19(26)16-18(20)11-14-24(21)30/h6-7,9-14,16-17,30H,2-5,8,15H2,1H3/b27-17+. The van der Waals surface area contributed by atoms with Gasteiger partial charge in [0.25, 0.3) is 0 Å². The van der Waals surface area contributed by atoms with E-state index in [0.29, 0.717) is 11.5 Å². The van der Waals surface area contributed by atoms with Gasteiger partial charge in [0.05, 0.1) is 11.0 Å². The predicted octanol–water partition coefficient (Wildman–Crippen LogP) is 7.38. The van der Waals surface area contributed by atoms with Crippen LogP contribution in [0.3, 0.4) is 0 Å². The summed E-state index contributed by atoms with van der Waals surface area (Å²) in [5.74, 6) is 0.899. The van der Waals surface area contributed by atoms with Gasteiger partial charge in [0.2, 0.25) is 5.95 Å². The second-order valence-electron chi connectivity index (χ2n) is 7.59. The first kappa shape index (κ1) is 20.6. The van der Waals surface area contributed by atoms with Gasteiger partial charge in [-0.1, -0.05) is 72.8 Å². The van der Waals surface area contributed by atoms with Crippen LogP contribution in [0.2, 0.25) is 0 Å². The van der Waals surface area contributed by atoms with Crippen LogP contribution in [0, 0.1) is 0 Å². The Labute approximate surface area is 185 Å². The number of phenols is 1. The van der Waals surface area contributed by atoms with Gasteiger partial charge < -0.3 is 9.67 Å². The molecule has 5 heteroatoms. The summed E-state index contributed by atoms with van der Waals surface area (Å²) >= 11 is 3.51. The average Bonchev–Trinajstić information content (AvgIpc) is 3.10. The van der Waals surface area contributed by atoms with Gasteiger partial charge in [-0.2, -0.15) is 0 Å². The molecule has 0 unspecified atom stereocenters. The van der Waals surface area contributed by atoms with E-state index in [9.17, 15) is 5.11 Å². The summed E-state index contributed by atoms with van der Waals surface area (Å²) < 4.78 is 3.20. The van der Waals surface area contributed by atoms with Crippen LogP contribution in [-0.2, 0) is 6.54 Å². The predicted molar refractivity (Wildman–Crippen MR) is 129 cm³/mol. The molecule has 0 aliphatic rings. The van der Waals surface area contributed by atoms with E-state index in [2.05, 4.69) is 33.5 Å². The molecule has 0 saturated carbocycles. The molecule has 4 rings (SSSR count). The smallest absolute Gasteiger partial charge is 0.230 e. The van der Waals surface area contributed by atoms with Crippen LogP contribution < -0.4 is 0 Å². The summed E-state index contributed by atoms with van der Waals surface area (Å²) in [6.07, 6.45) is 7.85. The highest BCUT2D eigenvalue weighted by Crippen LogP contribution is 2.29. The van der Waals surface area contributed by atoms with Crippen LogP contribution in [0.25, 0.3) is 21.8 Å². The number of rotatable bonds is 8. The van der Waals surface area contributed by atoms with Crippen LogP contribution in [-0.4, -0.2) is 20.9 Å². The number of unbranched alkanes of at least 4 members (excludes halogenated alkanes) is 4. The minimum atomic E-state index is 0.218. The summed E-state index contributed by atoms with van der Waals surface area (Å²) in [4.78, 5) is 9.46. The number of imidazole rings is 1. The monoisotopic (exact) mass is 463 g/mol. The number of para-hydroxylation sites is 2. The highest BCUT2D eigenvalue weighted by Gasteiger charge is 2.10. The van der Waals surface area contributed by atoms with E-state index in [0.717, 1.165) is 39.2 Å². The van der Waals surface area contributed by atoms with E-state index in [4.69, 9.17) is 9.98 Å². The van der Waals surface area contributed by atoms with Crippen molar-refractivity contribution in [2.45, 2.75) is 45.6 Å². The van der Waals surface area contributed by atoms with Crippen LogP contribution in [0.5, 0.6) is 5.75 Å². The van der Waals surface area contributed by atoms with Gasteiger partial charge in [-0.25, -0.2) is 9.98 Å². The van der Waals surface area contributed by atoms with E-state index in [-0.39, 0.29) is 5.75 Å². The summed E-state index contributed by atoms with van der Waals surface area (Å²) in [5.41, 5.74) is 2.76. The maximum absolute atomic E-state index is 10.5. The fraction of sp³-hybridized carbons (Fsp3) is 0.280. The summed E-state index contributed by atoms with van der Waals surface area (Å²) in [5, 5.41) is 12.5. The van der Waals surface area contributed by atoms with Crippen molar-refractivity contribution >= 4 is 49.9 Å². The number of aromatic hydroxyl groups is 1. The van der Waals surface area contributed by atoms with Crippen LogP contribution in [0.4, 0.5) is 5.95 Å². The molecule has 30 heavy (non-hydrogen) atoms. The van der Waals surface area contributed by atoms with Gasteiger partial charge >= 0.3 is 0 Å². The molecule has 0 amide bonds. The molecule has 1 aromatic heterocycles. The molecule has 0 aliphatic heterocycles. The quantitative estimate of drug-likeness (QED) is 0.219. The Hall–Kier alpha value is -2.66. The molecule has 0 radical (unpaired) electrons. The van der Waals surface area contributed by atoms with Crippen molar-refractivity contribution in [2.24, 2.45) is 4.99 Å². The summed E-state index contributed by atoms with van der Waals surface area (Å²) in [6, 6.07) is 17.8. The van der Waals surface area contributed by atoms with Crippen molar-refractivity contribution in [1.29, 1.82) is 0 Å². The second kappa shape index (κ2) is 9.43. The lowest BCUT2D eigenvalue weighted by molar-refractivity contribution is 0.475. The molecule has 4 nitrogen and oxygen atoms in total. The van der Waals surface area contributed by atoms with E-state index in [1.165, 1.54) is 25.7 Å². The number of benzene rings is 3. The van der Waals surface area contributed by atoms with Gasteiger partial charge in [-0.3, -0.25) is 0 Å². The first-order chi connectivity index (χ1) is 14.7. The summed E-state index contributed by atoms with van der Waals surface area (Å²) in [7, 11) is 0. The lowest BCUT2D eigenvalue weighted by Crippen LogP contribution is -1.98. The third-order valence-corrected chi connectivity index (χ3v) is 5.92. The third kappa shape index (κ3) is 4.41. The van der Waals surface area contributed by atoms with Gasteiger partial charge in [0, 0.05) is 22.8 Å². The Kier molecular flexibility index (Phi) is 6.48. The van der Waals surface area contributed by atoms with Gasteiger partial charge in [-0.05, 0) is 47.5 Å². The molecule has 0 fully saturated rings. The van der Waals surface area contributed by atoms with Gasteiger partial charge in [0.15, 0.2) is 0 Å². The fourth-order valence-corrected chi connectivity index (χ4v) is 4.21. The molecule has 1 N–H and O–H groups in total. The van der Waals surface area contributed by atoms with Crippen molar-refractivity contribution < 1.29 is 5.11 Å². The largest absolute Gasteiger partial charge is 0.507 e. The number of hydrogen-bond acceptors (Lipinski definition) is 3. The highest BCUT2D eigenvalue weighted by atomic mass is 79.9. The molecule has 154 valence electrons. The SMILES string of the molecule is CCCCCCCn1c(/N=C/c2c(O)ccc3cc(Br)ccc23)nc2ccccc21. The molecular weight excluding hydrogens is 438 g/mol. The summed E-state index contributed by atoms with van der Waals surface area (Å²) in [6.45, 7) is 3.13. The van der Waals surface area contributed by atoms with Crippen molar-refractivity contribution in [1.82, 2.24) is 9.55 Å². The minimum absolute atomic E-state index is 0.218. The van der Waals surface area contributed by atoms with Gasteiger partial charge in [0.1, 0.15) is 5.75 Å². The fourth-order valence-electron chi connectivity index (χ4n) is 3.83. The number of aliphatic imine (C=N–C) groups is 1. The van der Waals surface area contributed by atoms with Gasteiger partial charge in [-0.15, -0.1) is 0 Å². The molecule has 4 aromatic rings. The van der Waals surface area contributed by atoms with E-state index >= 15 is 0 Å². The normalized spacial score (nSPS) is 11.8. The van der Waals surface area contributed by atoms with E-state index < -0.39 is 0 Å². The highest BCUT2D eigenvalue weighted by molar-refractivity contribution is 9.10. The Morgan fingerprint density at radius 2 is 1.87 bits per heavy atom. The van der Waals surface area contributed by atoms with E-state index in [1.54, 1.807) is 12.3 Å². The Balaban J connectivity index is 1.68. The number of fused-ring (bicyclic) bond motifs is 2. The third-order valence-electron chi connectivity index (χ3n) is 5.43. The zero-order valence-electron chi connectivity index (χ0n) is 17.2. The first-order valence-corrected chi connectivity index (χ1v) is 11.4. The van der Waals surface area contributed by atoms with Crippen molar-refractivity contribution in [3.05, 3.63) is 64.6 Å².